The summed E-state index contributed by atoms with van der Waals surface area (Å²) in [6.45, 7) is -0.389. The van der Waals surface area contributed by atoms with E-state index in [1.54, 1.807) is 30.5 Å². The van der Waals surface area contributed by atoms with Crippen LogP contribution in [0.4, 0.5) is 4.39 Å². The molecule has 8 nitrogen and oxygen atoms in total. The molecule has 0 aliphatic carbocycles. The molecule has 0 saturated carbocycles. The second kappa shape index (κ2) is 12.5. The van der Waals surface area contributed by atoms with Gasteiger partial charge in [-0.3, -0.25) is 20.0 Å². The fourth-order valence-corrected chi connectivity index (χ4v) is 2.93. The number of pyridine rings is 1. The van der Waals surface area contributed by atoms with Crippen molar-refractivity contribution in [1.82, 2.24) is 20.9 Å². The number of nitrogens with zero attached hydrogens (tertiary/aromatic N) is 1. The van der Waals surface area contributed by atoms with Crippen LogP contribution in [-0.4, -0.2) is 49.0 Å². The molecule has 0 radical (unpaired) electrons. The molecule has 0 unspecified atom stereocenters. The lowest BCUT2D eigenvalue weighted by Gasteiger charge is -2.19. The van der Waals surface area contributed by atoms with E-state index in [-0.39, 0.29) is 30.3 Å². The smallest absolute Gasteiger partial charge is 0.255 e. The van der Waals surface area contributed by atoms with E-state index < -0.39 is 18.6 Å². The lowest BCUT2D eigenvalue weighted by Crippen LogP contribution is -2.47. The summed E-state index contributed by atoms with van der Waals surface area (Å²) in [4.78, 5) is 29.7. The number of ether oxygens (including phenoxy) is 1. The number of alkyl halides is 1. The molecular weight excluding hydrogens is 425 g/mol. The van der Waals surface area contributed by atoms with Gasteiger partial charge in [0.05, 0.1) is 24.9 Å². The van der Waals surface area contributed by atoms with Gasteiger partial charge in [0.25, 0.3) is 5.91 Å². The van der Waals surface area contributed by atoms with E-state index in [0.29, 0.717) is 29.4 Å². The zero-order chi connectivity index (χ0) is 22.6. The van der Waals surface area contributed by atoms with Crippen LogP contribution in [0, 0.1) is 5.41 Å². The Morgan fingerprint density at radius 3 is 2.74 bits per heavy atom. The molecule has 31 heavy (non-hydrogen) atoms. The van der Waals surface area contributed by atoms with Gasteiger partial charge in [0.2, 0.25) is 5.91 Å². The summed E-state index contributed by atoms with van der Waals surface area (Å²) in [5.74, 6) is -0.807. The maximum atomic E-state index is 12.8. The Morgan fingerprint density at radius 1 is 1.26 bits per heavy atom. The van der Waals surface area contributed by atoms with E-state index in [0.717, 1.165) is 0 Å². The molecule has 0 fully saturated rings. The first-order valence-electron chi connectivity index (χ1n) is 9.64. The van der Waals surface area contributed by atoms with Crippen LogP contribution in [0.15, 0.2) is 42.6 Å². The van der Waals surface area contributed by atoms with Gasteiger partial charge < -0.3 is 20.7 Å². The maximum absolute atomic E-state index is 12.8. The van der Waals surface area contributed by atoms with Crippen LogP contribution in [0.5, 0.6) is 5.75 Å². The summed E-state index contributed by atoms with van der Waals surface area (Å²) in [6, 6.07) is 9.13. The van der Waals surface area contributed by atoms with Crippen molar-refractivity contribution in [3.8, 4) is 5.75 Å². The third-order valence-electron chi connectivity index (χ3n) is 4.34. The number of amides is 2. The normalized spacial score (nSPS) is 11.3. The number of amidine groups is 1. The Bertz CT molecular complexity index is 898. The standard InChI is InChI=1S/C21H25ClFN5O3/c1-31-18-8-7-14(22)11-16(18)20(29)28-17(6-4-10-26-19(24)12-23)21(30)27-13-15-5-2-3-9-25-15/h2-3,5,7-9,11,17H,4,6,10,12-13H2,1H3,(H2,24,26)(H,27,30)(H,28,29)/t17-/m0/s1. The van der Waals surface area contributed by atoms with Gasteiger partial charge in [0, 0.05) is 17.8 Å². The highest BCUT2D eigenvalue weighted by molar-refractivity contribution is 6.31. The Hall–Kier alpha value is -3.20. The highest BCUT2D eigenvalue weighted by Crippen LogP contribution is 2.22. The van der Waals surface area contributed by atoms with Crippen LogP contribution in [-0.2, 0) is 11.3 Å². The molecule has 0 bridgehead atoms. The van der Waals surface area contributed by atoms with Gasteiger partial charge in [-0.1, -0.05) is 17.7 Å². The third-order valence-corrected chi connectivity index (χ3v) is 4.57. The average molecular weight is 450 g/mol. The molecule has 10 heteroatoms. The first-order chi connectivity index (χ1) is 14.9. The molecule has 0 aliphatic heterocycles. The van der Waals surface area contributed by atoms with Gasteiger partial charge in [-0.25, -0.2) is 4.39 Å². The van der Waals surface area contributed by atoms with Crippen LogP contribution in [0.3, 0.4) is 0 Å². The number of rotatable bonds is 11. The average Bonchev–Trinajstić information content (AvgIpc) is 2.79. The number of methoxy groups -OCH3 is 1. The number of carbonyl (C=O) groups is 2. The van der Waals surface area contributed by atoms with Crippen molar-refractivity contribution in [2.75, 3.05) is 20.3 Å². The fraction of sp³-hybridized carbons (Fsp3) is 0.333. The van der Waals surface area contributed by atoms with Crippen molar-refractivity contribution < 1.29 is 18.7 Å². The molecule has 2 rings (SSSR count). The molecular formula is C21H25ClFN5O3. The van der Waals surface area contributed by atoms with Crippen LogP contribution < -0.4 is 20.7 Å². The van der Waals surface area contributed by atoms with Crippen LogP contribution in [0.25, 0.3) is 0 Å². The Morgan fingerprint density at radius 2 is 2.06 bits per heavy atom. The summed E-state index contributed by atoms with van der Waals surface area (Å²) < 4.78 is 17.6. The molecule has 166 valence electrons. The van der Waals surface area contributed by atoms with E-state index in [4.69, 9.17) is 21.7 Å². The molecule has 1 aromatic carbocycles. The number of benzene rings is 1. The van der Waals surface area contributed by atoms with Gasteiger partial charge in [0.15, 0.2) is 0 Å². The van der Waals surface area contributed by atoms with E-state index in [1.807, 2.05) is 6.07 Å². The van der Waals surface area contributed by atoms with E-state index >= 15 is 0 Å². The monoisotopic (exact) mass is 449 g/mol. The summed E-state index contributed by atoms with van der Waals surface area (Å²) in [7, 11) is 1.43. The molecule has 1 aromatic heterocycles. The van der Waals surface area contributed by atoms with Crippen LogP contribution in [0.1, 0.15) is 28.9 Å². The van der Waals surface area contributed by atoms with Gasteiger partial charge >= 0.3 is 0 Å². The largest absolute Gasteiger partial charge is 0.496 e. The summed E-state index contributed by atoms with van der Waals surface area (Å²) in [5, 5.41) is 15.7. The SMILES string of the molecule is COc1ccc(Cl)cc1C(=O)N[C@@H](CCCNC(=N)CF)C(=O)NCc1ccccn1. The third kappa shape index (κ3) is 7.86. The molecule has 0 spiro atoms. The minimum Gasteiger partial charge on any atom is -0.496 e. The van der Waals surface area contributed by atoms with E-state index in [9.17, 15) is 14.0 Å². The second-order valence-corrected chi connectivity index (χ2v) is 7.03. The molecule has 4 N–H and O–H groups in total. The van der Waals surface area contributed by atoms with Gasteiger partial charge in [-0.05, 0) is 43.2 Å². The quantitative estimate of drug-likeness (QED) is 0.239. The van der Waals surface area contributed by atoms with Gasteiger partial charge in [-0.2, -0.15) is 0 Å². The lowest BCUT2D eigenvalue weighted by atomic mass is 10.1. The molecule has 0 saturated heterocycles. The topological polar surface area (TPSA) is 116 Å². The number of hydrogen-bond donors (Lipinski definition) is 4. The van der Waals surface area contributed by atoms with Crippen molar-refractivity contribution >= 4 is 29.3 Å². The van der Waals surface area contributed by atoms with E-state index in [1.165, 1.54) is 13.2 Å². The summed E-state index contributed by atoms with van der Waals surface area (Å²) in [6.07, 6.45) is 2.32. The van der Waals surface area contributed by atoms with Crippen molar-refractivity contribution in [3.05, 3.63) is 58.9 Å². The number of carbonyl (C=O) groups excluding carboxylic acids is 2. The Labute approximate surface area is 185 Å². The van der Waals surface area contributed by atoms with Crippen molar-refractivity contribution in [3.63, 3.8) is 0 Å². The first kappa shape index (κ1) is 24.1. The fourth-order valence-electron chi connectivity index (χ4n) is 2.76. The lowest BCUT2D eigenvalue weighted by molar-refractivity contribution is -0.123. The minimum absolute atomic E-state index is 0.204. The molecule has 1 atom stereocenters. The van der Waals surface area contributed by atoms with Crippen molar-refractivity contribution in [2.24, 2.45) is 0 Å². The number of hydrogen-bond acceptors (Lipinski definition) is 5. The van der Waals surface area contributed by atoms with Gasteiger partial charge in [-0.15, -0.1) is 0 Å². The number of nitrogens with one attached hydrogen (secondary N) is 4. The van der Waals surface area contributed by atoms with E-state index in [2.05, 4.69) is 20.9 Å². The molecule has 2 aromatic rings. The number of halogens is 2. The van der Waals surface area contributed by atoms with Crippen LogP contribution >= 0.6 is 11.6 Å². The highest BCUT2D eigenvalue weighted by Gasteiger charge is 2.23. The van der Waals surface area contributed by atoms with Crippen molar-refractivity contribution in [2.45, 2.75) is 25.4 Å². The predicted molar refractivity (Wildman–Crippen MR) is 116 cm³/mol. The predicted octanol–water partition coefficient (Wildman–Crippen LogP) is 2.47. The molecule has 1 heterocycles. The van der Waals surface area contributed by atoms with Gasteiger partial charge in [0.1, 0.15) is 24.3 Å². The molecule has 2 amide bonds. The van der Waals surface area contributed by atoms with Crippen LogP contribution in [0.2, 0.25) is 5.02 Å². The summed E-state index contributed by atoms with van der Waals surface area (Å²) >= 11 is 6.00. The molecule has 0 aliphatic rings. The second-order valence-electron chi connectivity index (χ2n) is 6.59. The maximum Gasteiger partial charge on any atom is 0.255 e. The Balaban J connectivity index is 2.06. The highest BCUT2D eigenvalue weighted by atomic mass is 35.5. The minimum atomic E-state index is -0.890. The van der Waals surface area contributed by atoms with Crippen molar-refractivity contribution in [1.29, 1.82) is 5.41 Å². The number of aromatic nitrogens is 1. The zero-order valence-corrected chi connectivity index (χ0v) is 17.8. The Kier molecular flexibility index (Phi) is 9.70. The first-order valence-corrected chi connectivity index (χ1v) is 10.0. The zero-order valence-electron chi connectivity index (χ0n) is 17.1. The summed E-state index contributed by atoms with van der Waals surface area (Å²) in [5.41, 5.74) is 0.880.